The van der Waals surface area contributed by atoms with E-state index in [0.717, 1.165) is 25.0 Å². The van der Waals surface area contributed by atoms with E-state index in [1.165, 1.54) is 6.20 Å². The van der Waals surface area contributed by atoms with Gasteiger partial charge in [0.05, 0.1) is 22.6 Å². The van der Waals surface area contributed by atoms with Gasteiger partial charge in [-0.3, -0.25) is 9.78 Å². The van der Waals surface area contributed by atoms with Gasteiger partial charge in [-0.15, -0.1) is 0 Å². The Morgan fingerprint density at radius 3 is 3.06 bits per heavy atom. The highest BCUT2D eigenvalue weighted by atomic mass is 35.5. The van der Waals surface area contributed by atoms with Crippen molar-refractivity contribution < 1.29 is 4.79 Å². The Morgan fingerprint density at radius 1 is 1.61 bits per heavy atom. The van der Waals surface area contributed by atoms with Gasteiger partial charge < -0.3 is 5.32 Å². The fourth-order valence-electron chi connectivity index (χ4n) is 2.23. The molecular weight excluding hydrogens is 250 g/mol. The van der Waals surface area contributed by atoms with Crippen LogP contribution in [-0.2, 0) is 0 Å². The number of nitriles is 1. The van der Waals surface area contributed by atoms with Gasteiger partial charge in [0.25, 0.3) is 5.91 Å². The maximum atomic E-state index is 12.0. The number of carbonyl (C=O) groups excluding carboxylic acids is 1. The summed E-state index contributed by atoms with van der Waals surface area (Å²) in [6.07, 6.45) is 4.15. The quantitative estimate of drug-likeness (QED) is 0.891. The monoisotopic (exact) mass is 263 g/mol. The molecule has 2 unspecified atom stereocenters. The van der Waals surface area contributed by atoms with Gasteiger partial charge in [0.15, 0.2) is 0 Å². The number of pyridine rings is 1. The molecule has 1 amide bonds. The third-order valence-corrected chi connectivity index (χ3v) is 3.55. The minimum absolute atomic E-state index is 0.0696. The van der Waals surface area contributed by atoms with E-state index in [9.17, 15) is 4.79 Å². The van der Waals surface area contributed by atoms with Gasteiger partial charge in [-0.05, 0) is 32.3 Å². The molecule has 1 aromatic rings. The average Bonchev–Trinajstić information content (AvgIpc) is 2.76. The van der Waals surface area contributed by atoms with Crippen molar-refractivity contribution in [2.75, 3.05) is 0 Å². The number of nitrogens with one attached hydrogen (secondary N) is 1. The summed E-state index contributed by atoms with van der Waals surface area (Å²) in [5.41, 5.74) is 1.14. The first-order valence-electron chi connectivity index (χ1n) is 5.94. The number of aryl methyl sites for hydroxylation is 1. The van der Waals surface area contributed by atoms with E-state index in [1.54, 1.807) is 6.07 Å². The lowest BCUT2D eigenvalue weighted by Gasteiger charge is -2.15. The lowest BCUT2D eigenvalue weighted by molar-refractivity contribution is 0.0932. The Labute approximate surface area is 111 Å². The van der Waals surface area contributed by atoms with Crippen LogP contribution in [0.25, 0.3) is 0 Å². The van der Waals surface area contributed by atoms with Crippen LogP contribution >= 0.6 is 11.6 Å². The van der Waals surface area contributed by atoms with Crippen LogP contribution < -0.4 is 5.32 Å². The Balaban J connectivity index is 2.10. The van der Waals surface area contributed by atoms with Crippen molar-refractivity contribution in [3.63, 3.8) is 0 Å². The zero-order valence-electron chi connectivity index (χ0n) is 10.1. The smallest absolute Gasteiger partial charge is 0.254 e. The lowest BCUT2D eigenvalue weighted by Crippen LogP contribution is -2.37. The second kappa shape index (κ2) is 5.36. The van der Waals surface area contributed by atoms with Gasteiger partial charge in [-0.25, -0.2) is 0 Å². The molecule has 0 spiro atoms. The van der Waals surface area contributed by atoms with E-state index >= 15 is 0 Å². The van der Waals surface area contributed by atoms with Gasteiger partial charge in [-0.2, -0.15) is 5.26 Å². The van der Waals surface area contributed by atoms with Crippen molar-refractivity contribution >= 4 is 17.5 Å². The molecule has 0 bridgehead atoms. The first kappa shape index (κ1) is 12.8. The average molecular weight is 264 g/mol. The van der Waals surface area contributed by atoms with Crippen molar-refractivity contribution in [2.24, 2.45) is 5.92 Å². The zero-order valence-corrected chi connectivity index (χ0v) is 10.9. The van der Waals surface area contributed by atoms with Crippen molar-refractivity contribution in [2.45, 2.75) is 32.2 Å². The number of carbonyl (C=O) groups is 1. The molecule has 94 valence electrons. The van der Waals surface area contributed by atoms with Crippen molar-refractivity contribution in [1.29, 1.82) is 5.26 Å². The van der Waals surface area contributed by atoms with E-state index in [2.05, 4.69) is 16.4 Å². The highest BCUT2D eigenvalue weighted by molar-refractivity contribution is 6.33. The predicted molar refractivity (Wildman–Crippen MR) is 68.2 cm³/mol. The molecule has 1 saturated carbocycles. The predicted octanol–water partition coefficient (Wildman–Crippen LogP) is 2.47. The summed E-state index contributed by atoms with van der Waals surface area (Å²) < 4.78 is 0. The SMILES string of the molecule is Cc1cc(Cl)c(C(=O)NC2CCCC2C#N)cn1. The number of hydrogen-bond acceptors (Lipinski definition) is 3. The van der Waals surface area contributed by atoms with Crippen LogP contribution in [0.15, 0.2) is 12.3 Å². The summed E-state index contributed by atoms with van der Waals surface area (Å²) >= 11 is 6.01. The van der Waals surface area contributed by atoms with Crippen LogP contribution in [0.1, 0.15) is 35.3 Å². The van der Waals surface area contributed by atoms with Crippen molar-refractivity contribution in [3.8, 4) is 6.07 Å². The van der Waals surface area contributed by atoms with Crippen LogP contribution in [0.4, 0.5) is 0 Å². The summed E-state index contributed by atoms with van der Waals surface area (Å²) in [5, 5.41) is 12.2. The molecule has 0 saturated heterocycles. The Kier molecular flexibility index (Phi) is 3.83. The third kappa shape index (κ3) is 2.62. The maximum absolute atomic E-state index is 12.0. The molecule has 1 N–H and O–H groups in total. The molecule has 5 heteroatoms. The van der Waals surface area contributed by atoms with E-state index in [-0.39, 0.29) is 17.9 Å². The molecule has 18 heavy (non-hydrogen) atoms. The Morgan fingerprint density at radius 2 is 2.39 bits per heavy atom. The first-order chi connectivity index (χ1) is 8.61. The number of nitrogens with zero attached hydrogens (tertiary/aromatic N) is 2. The Bertz CT molecular complexity index is 509. The van der Waals surface area contributed by atoms with E-state index in [4.69, 9.17) is 16.9 Å². The van der Waals surface area contributed by atoms with Crippen molar-refractivity contribution in [3.05, 3.63) is 28.5 Å². The second-order valence-electron chi connectivity index (χ2n) is 4.55. The largest absolute Gasteiger partial charge is 0.348 e. The standard InChI is InChI=1S/C13H14ClN3O/c1-8-5-11(14)10(7-16-8)13(18)17-12-4-2-3-9(12)6-15/h5,7,9,12H,2-4H2,1H3,(H,17,18). The molecule has 0 aromatic carbocycles. The molecule has 0 radical (unpaired) electrons. The second-order valence-corrected chi connectivity index (χ2v) is 4.96. The van der Waals surface area contributed by atoms with E-state index in [0.29, 0.717) is 10.6 Å². The maximum Gasteiger partial charge on any atom is 0.254 e. The van der Waals surface area contributed by atoms with Crippen LogP contribution in [0, 0.1) is 24.2 Å². The molecule has 2 rings (SSSR count). The highest BCUT2D eigenvalue weighted by Gasteiger charge is 2.29. The minimum Gasteiger partial charge on any atom is -0.348 e. The molecular formula is C13H14ClN3O. The molecule has 2 atom stereocenters. The van der Waals surface area contributed by atoms with Gasteiger partial charge in [0.2, 0.25) is 0 Å². The topological polar surface area (TPSA) is 65.8 Å². The third-order valence-electron chi connectivity index (χ3n) is 3.23. The lowest BCUT2D eigenvalue weighted by atomic mass is 10.1. The summed E-state index contributed by atoms with van der Waals surface area (Å²) in [6, 6.07) is 3.82. The summed E-state index contributed by atoms with van der Waals surface area (Å²) in [6.45, 7) is 1.82. The Hall–Kier alpha value is -1.60. The summed E-state index contributed by atoms with van der Waals surface area (Å²) in [7, 11) is 0. The fourth-order valence-corrected chi connectivity index (χ4v) is 2.52. The van der Waals surface area contributed by atoms with Gasteiger partial charge >= 0.3 is 0 Å². The van der Waals surface area contributed by atoms with E-state index in [1.807, 2.05) is 6.92 Å². The van der Waals surface area contributed by atoms with Crippen LogP contribution in [0.3, 0.4) is 0 Å². The molecule has 1 aromatic heterocycles. The number of halogens is 1. The molecule has 1 fully saturated rings. The highest BCUT2D eigenvalue weighted by Crippen LogP contribution is 2.25. The molecule has 4 nitrogen and oxygen atoms in total. The number of hydrogen-bond donors (Lipinski definition) is 1. The molecule has 0 aliphatic heterocycles. The van der Waals surface area contributed by atoms with Crippen LogP contribution in [0.2, 0.25) is 5.02 Å². The zero-order chi connectivity index (χ0) is 13.1. The fraction of sp³-hybridized carbons (Fsp3) is 0.462. The van der Waals surface area contributed by atoms with Gasteiger partial charge in [0.1, 0.15) is 0 Å². The van der Waals surface area contributed by atoms with Gasteiger partial charge in [0, 0.05) is 17.9 Å². The molecule has 1 aliphatic rings. The van der Waals surface area contributed by atoms with Crippen LogP contribution in [-0.4, -0.2) is 16.9 Å². The normalized spacial score (nSPS) is 22.5. The summed E-state index contributed by atoms with van der Waals surface area (Å²) in [5.74, 6) is -0.342. The van der Waals surface area contributed by atoms with Gasteiger partial charge in [-0.1, -0.05) is 11.6 Å². The summed E-state index contributed by atoms with van der Waals surface area (Å²) in [4.78, 5) is 16.1. The van der Waals surface area contributed by atoms with Crippen molar-refractivity contribution in [1.82, 2.24) is 10.3 Å². The molecule has 1 heterocycles. The van der Waals surface area contributed by atoms with E-state index < -0.39 is 0 Å². The number of rotatable bonds is 2. The number of aromatic nitrogens is 1. The minimum atomic E-state index is -0.250. The molecule has 1 aliphatic carbocycles. The number of amides is 1. The first-order valence-corrected chi connectivity index (χ1v) is 6.32. The van der Waals surface area contributed by atoms with Crippen LogP contribution in [0.5, 0.6) is 0 Å².